The number of aliphatic hydroxyl groups is 1. The van der Waals surface area contributed by atoms with E-state index in [2.05, 4.69) is 10.3 Å². The maximum Gasteiger partial charge on any atom is 0.254 e. The number of amides is 1. The highest BCUT2D eigenvalue weighted by Crippen LogP contribution is 2.15. The first-order valence-electron chi connectivity index (χ1n) is 4.59. The van der Waals surface area contributed by atoms with Gasteiger partial charge in [-0.15, -0.1) is 0 Å². The van der Waals surface area contributed by atoms with Gasteiger partial charge in [-0.3, -0.25) is 9.78 Å². The van der Waals surface area contributed by atoms with Crippen molar-refractivity contribution in [2.45, 2.75) is 20.0 Å². The Morgan fingerprint density at radius 2 is 2.40 bits per heavy atom. The number of nitrogens with zero attached hydrogens (tertiary/aromatic N) is 1. The fourth-order valence-corrected chi connectivity index (χ4v) is 1.32. The van der Waals surface area contributed by atoms with Gasteiger partial charge in [-0.25, -0.2) is 0 Å². The number of hydrogen-bond acceptors (Lipinski definition) is 3. The monoisotopic (exact) mass is 228 g/mol. The van der Waals surface area contributed by atoms with Crippen LogP contribution in [0.15, 0.2) is 12.3 Å². The van der Waals surface area contributed by atoms with Crippen molar-refractivity contribution in [3.63, 3.8) is 0 Å². The molecule has 1 atom stereocenters. The molecule has 0 unspecified atom stereocenters. The Bertz CT molecular complexity index is 366. The van der Waals surface area contributed by atoms with Gasteiger partial charge in [0.2, 0.25) is 0 Å². The smallest absolute Gasteiger partial charge is 0.254 e. The summed E-state index contributed by atoms with van der Waals surface area (Å²) in [6.07, 6.45) is 0.848. The van der Waals surface area contributed by atoms with Crippen LogP contribution in [-0.4, -0.2) is 28.6 Å². The number of aliphatic hydroxyl groups excluding tert-OH is 1. The summed E-state index contributed by atoms with van der Waals surface area (Å²) in [5, 5.41) is 11.9. The number of hydrogen-bond donors (Lipinski definition) is 2. The second kappa shape index (κ2) is 5.09. The van der Waals surface area contributed by atoms with Gasteiger partial charge in [0.1, 0.15) is 0 Å². The third-order valence-corrected chi connectivity index (χ3v) is 2.11. The van der Waals surface area contributed by atoms with Crippen molar-refractivity contribution in [1.82, 2.24) is 10.3 Å². The molecule has 0 aliphatic carbocycles. The van der Waals surface area contributed by atoms with E-state index >= 15 is 0 Å². The Kier molecular flexibility index (Phi) is 4.05. The fraction of sp³-hybridized carbons (Fsp3) is 0.400. The summed E-state index contributed by atoms with van der Waals surface area (Å²) in [5.41, 5.74) is 1.08. The van der Waals surface area contributed by atoms with E-state index in [0.29, 0.717) is 10.6 Å². The molecule has 5 heteroatoms. The lowest BCUT2D eigenvalue weighted by Crippen LogP contribution is -2.30. The van der Waals surface area contributed by atoms with Crippen molar-refractivity contribution in [2.75, 3.05) is 6.54 Å². The van der Waals surface area contributed by atoms with Gasteiger partial charge in [0.15, 0.2) is 0 Å². The summed E-state index contributed by atoms with van der Waals surface area (Å²) in [4.78, 5) is 15.5. The van der Waals surface area contributed by atoms with Crippen LogP contribution in [0.2, 0.25) is 5.02 Å². The zero-order valence-electron chi connectivity index (χ0n) is 8.62. The van der Waals surface area contributed by atoms with Crippen LogP contribution >= 0.6 is 11.6 Å². The van der Waals surface area contributed by atoms with Crippen LogP contribution < -0.4 is 5.32 Å². The van der Waals surface area contributed by atoms with E-state index in [4.69, 9.17) is 16.7 Å². The van der Waals surface area contributed by atoms with Crippen LogP contribution in [0.5, 0.6) is 0 Å². The normalized spacial score (nSPS) is 12.3. The van der Waals surface area contributed by atoms with E-state index in [1.807, 2.05) is 0 Å². The standard InChI is InChI=1S/C10H13ClN2O2/c1-6-3-9(11)8(5-12-6)10(15)13-4-7(2)14/h3,5,7,14H,4H2,1-2H3,(H,13,15)/t7-/m1/s1. The number of nitrogens with one attached hydrogen (secondary N) is 1. The number of carbonyl (C=O) groups is 1. The van der Waals surface area contributed by atoms with Crippen molar-refractivity contribution in [3.05, 3.63) is 28.5 Å². The van der Waals surface area contributed by atoms with E-state index in [1.54, 1.807) is 19.9 Å². The highest BCUT2D eigenvalue weighted by Gasteiger charge is 2.11. The average molecular weight is 229 g/mol. The first-order valence-corrected chi connectivity index (χ1v) is 4.97. The predicted molar refractivity (Wildman–Crippen MR) is 58.0 cm³/mol. The highest BCUT2D eigenvalue weighted by atomic mass is 35.5. The van der Waals surface area contributed by atoms with Gasteiger partial charge in [-0.1, -0.05) is 11.6 Å². The number of rotatable bonds is 3. The molecule has 0 aliphatic heterocycles. The van der Waals surface area contributed by atoms with Crippen molar-refractivity contribution in [3.8, 4) is 0 Å². The molecule has 0 fully saturated rings. The van der Waals surface area contributed by atoms with Crippen molar-refractivity contribution in [1.29, 1.82) is 0 Å². The molecule has 1 heterocycles. The Labute approximate surface area is 93.3 Å². The van der Waals surface area contributed by atoms with Gasteiger partial charge in [-0.05, 0) is 19.9 Å². The first kappa shape index (κ1) is 11.9. The molecule has 0 saturated heterocycles. The molecular weight excluding hydrogens is 216 g/mol. The van der Waals surface area contributed by atoms with Gasteiger partial charge in [0, 0.05) is 18.4 Å². The number of aryl methyl sites for hydroxylation is 1. The molecular formula is C10H13ClN2O2. The number of pyridine rings is 1. The molecule has 4 nitrogen and oxygen atoms in total. The van der Waals surface area contributed by atoms with E-state index in [1.165, 1.54) is 6.20 Å². The second-order valence-electron chi connectivity index (χ2n) is 3.36. The predicted octanol–water partition coefficient (Wildman–Crippen LogP) is 1.15. The quantitative estimate of drug-likeness (QED) is 0.816. The van der Waals surface area contributed by atoms with Crippen molar-refractivity contribution < 1.29 is 9.90 Å². The Balaban J connectivity index is 2.74. The van der Waals surface area contributed by atoms with Gasteiger partial charge in [0.25, 0.3) is 5.91 Å². The lowest BCUT2D eigenvalue weighted by molar-refractivity contribution is 0.0924. The lowest BCUT2D eigenvalue weighted by Gasteiger charge is -2.08. The molecule has 2 N–H and O–H groups in total. The molecule has 1 rings (SSSR count). The Morgan fingerprint density at radius 1 is 1.73 bits per heavy atom. The van der Waals surface area contributed by atoms with Gasteiger partial charge < -0.3 is 10.4 Å². The largest absolute Gasteiger partial charge is 0.392 e. The van der Waals surface area contributed by atoms with E-state index in [-0.39, 0.29) is 12.5 Å². The first-order chi connectivity index (χ1) is 7.00. The molecule has 0 saturated carbocycles. The van der Waals surface area contributed by atoms with E-state index < -0.39 is 6.10 Å². The zero-order valence-corrected chi connectivity index (χ0v) is 9.38. The van der Waals surface area contributed by atoms with Crippen molar-refractivity contribution in [2.24, 2.45) is 0 Å². The summed E-state index contributed by atoms with van der Waals surface area (Å²) in [5.74, 6) is -0.326. The third kappa shape index (κ3) is 3.49. The lowest BCUT2D eigenvalue weighted by atomic mass is 10.2. The van der Waals surface area contributed by atoms with E-state index in [9.17, 15) is 4.79 Å². The summed E-state index contributed by atoms with van der Waals surface area (Å²) in [6.45, 7) is 3.58. The zero-order chi connectivity index (χ0) is 11.4. The summed E-state index contributed by atoms with van der Waals surface area (Å²) >= 11 is 5.88. The molecule has 0 spiro atoms. The van der Waals surface area contributed by atoms with Gasteiger partial charge in [0.05, 0.1) is 16.7 Å². The topological polar surface area (TPSA) is 62.2 Å². The highest BCUT2D eigenvalue weighted by molar-refractivity contribution is 6.33. The maximum atomic E-state index is 11.5. The number of aromatic nitrogens is 1. The van der Waals surface area contributed by atoms with Crippen molar-refractivity contribution >= 4 is 17.5 Å². The molecule has 0 aromatic carbocycles. The summed E-state index contributed by atoms with van der Waals surface area (Å²) < 4.78 is 0. The molecule has 15 heavy (non-hydrogen) atoms. The molecule has 0 bridgehead atoms. The fourth-order valence-electron chi connectivity index (χ4n) is 1.03. The van der Waals surface area contributed by atoms with Crippen LogP contribution in [0, 0.1) is 6.92 Å². The SMILES string of the molecule is Cc1cc(Cl)c(C(=O)NC[C@@H](C)O)cn1. The van der Waals surface area contributed by atoms with Crippen LogP contribution in [-0.2, 0) is 0 Å². The summed E-state index contributed by atoms with van der Waals surface area (Å²) in [7, 11) is 0. The average Bonchev–Trinajstić information content (AvgIpc) is 2.14. The Hall–Kier alpha value is -1.13. The Morgan fingerprint density at radius 3 is 2.93 bits per heavy atom. The van der Waals surface area contributed by atoms with Gasteiger partial charge in [-0.2, -0.15) is 0 Å². The minimum Gasteiger partial charge on any atom is -0.392 e. The number of halogens is 1. The minimum absolute atomic E-state index is 0.197. The molecule has 1 aromatic rings. The van der Waals surface area contributed by atoms with Crippen LogP contribution in [0.3, 0.4) is 0 Å². The van der Waals surface area contributed by atoms with Crippen LogP contribution in [0.25, 0.3) is 0 Å². The minimum atomic E-state index is -0.578. The molecule has 1 aromatic heterocycles. The van der Waals surface area contributed by atoms with Gasteiger partial charge >= 0.3 is 0 Å². The molecule has 82 valence electrons. The van der Waals surface area contributed by atoms with Crippen LogP contribution in [0.1, 0.15) is 23.0 Å². The number of carbonyl (C=O) groups excluding carboxylic acids is 1. The molecule has 1 amide bonds. The second-order valence-corrected chi connectivity index (χ2v) is 3.77. The summed E-state index contributed by atoms with van der Waals surface area (Å²) in [6, 6.07) is 1.62. The molecule has 0 radical (unpaired) electrons. The van der Waals surface area contributed by atoms with E-state index in [0.717, 1.165) is 5.69 Å². The van der Waals surface area contributed by atoms with Crippen LogP contribution in [0.4, 0.5) is 0 Å². The third-order valence-electron chi connectivity index (χ3n) is 1.79. The maximum absolute atomic E-state index is 11.5. The molecule has 0 aliphatic rings.